The van der Waals surface area contributed by atoms with Gasteiger partial charge in [0.25, 0.3) is 0 Å². The standard InChI is InChI=1S/C18H15BrFNO2/c1-3-23-18-10-15(19)12(9-17(18)22-2)8-13(11-21)14-6-4-5-7-16(14)20/h4-10H,3H2,1-2H3/b13-8-. The first-order valence-corrected chi connectivity index (χ1v) is 7.77. The summed E-state index contributed by atoms with van der Waals surface area (Å²) < 4.78 is 25.4. The summed E-state index contributed by atoms with van der Waals surface area (Å²) in [5.41, 5.74) is 1.19. The van der Waals surface area contributed by atoms with E-state index in [9.17, 15) is 9.65 Å². The zero-order chi connectivity index (χ0) is 16.8. The Bertz CT molecular complexity index is 781. The quantitative estimate of drug-likeness (QED) is 0.541. The highest BCUT2D eigenvalue weighted by molar-refractivity contribution is 9.10. The lowest BCUT2D eigenvalue weighted by molar-refractivity contribution is 0.310. The van der Waals surface area contributed by atoms with Gasteiger partial charge in [0.1, 0.15) is 5.82 Å². The van der Waals surface area contributed by atoms with Crippen LogP contribution in [-0.2, 0) is 0 Å². The van der Waals surface area contributed by atoms with Crippen LogP contribution in [-0.4, -0.2) is 13.7 Å². The number of ether oxygens (including phenoxy) is 2. The highest BCUT2D eigenvalue weighted by Gasteiger charge is 2.12. The fraction of sp³-hybridized carbons (Fsp3) is 0.167. The molecule has 0 spiro atoms. The number of rotatable bonds is 5. The lowest BCUT2D eigenvalue weighted by Gasteiger charge is -2.12. The smallest absolute Gasteiger partial charge is 0.162 e. The van der Waals surface area contributed by atoms with Crippen LogP contribution in [0.5, 0.6) is 11.5 Å². The number of nitriles is 1. The number of methoxy groups -OCH3 is 1. The van der Waals surface area contributed by atoms with Crippen LogP contribution in [0, 0.1) is 17.1 Å². The summed E-state index contributed by atoms with van der Waals surface area (Å²) in [5.74, 6) is 0.713. The number of hydrogen-bond acceptors (Lipinski definition) is 3. The van der Waals surface area contributed by atoms with Crippen LogP contribution < -0.4 is 9.47 Å². The van der Waals surface area contributed by atoms with E-state index < -0.39 is 5.82 Å². The number of hydrogen-bond donors (Lipinski definition) is 0. The molecule has 0 heterocycles. The average molecular weight is 376 g/mol. The van der Waals surface area contributed by atoms with Gasteiger partial charge in [-0.05, 0) is 36.8 Å². The first-order chi connectivity index (χ1) is 11.1. The van der Waals surface area contributed by atoms with E-state index in [0.29, 0.717) is 23.7 Å². The number of nitrogens with zero attached hydrogens (tertiary/aromatic N) is 1. The van der Waals surface area contributed by atoms with Crippen LogP contribution in [0.15, 0.2) is 40.9 Å². The number of halogens is 2. The molecule has 2 aromatic carbocycles. The van der Waals surface area contributed by atoms with Crippen molar-refractivity contribution in [2.75, 3.05) is 13.7 Å². The maximum Gasteiger partial charge on any atom is 0.162 e. The second kappa shape index (κ2) is 7.80. The third-order valence-electron chi connectivity index (χ3n) is 3.17. The Hall–Kier alpha value is -2.32. The second-order valence-electron chi connectivity index (χ2n) is 4.61. The third kappa shape index (κ3) is 3.91. The molecule has 0 atom stereocenters. The molecule has 0 saturated carbocycles. The van der Waals surface area contributed by atoms with E-state index >= 15 is 0 Å². The predicted octanol–water partition coefficient (Wildman–Crippen LogP) is 5.06. The first-order valence-electron chi connectivity index (χ1n) is 6.97. The maximum atomic E-state index is 13.9. The Morgan fingerprint density at radius 1 is 1.30 bits per heavy atom. The molecule has 0 saturated heterocycles. The van der Waals surface area contributed by atoms with Crippen molar-refractivity contribution >= 4 is 27.6 Å². The van der Waals surface area contributed by atoms with E-state index in [4.69, 9.17) is 9.47 Å². The molecule has 0 radical (unpaired) electrons. The van der Waals surface area contributed by atoms with E-state index in [1.54, 1.807) is 43.5 Å². The molecule has 2 rings (SSSR count). The third-order valence-corrected chi connectivity index (χ3v) is 3.85. The fourth-order valence-electron chi connectivity index (χ4n) is 2.09. The molecule has 0 aromatic heterocycles. The van der Waals surface area contributed by atoms with E-state index in [2.05, 4.69) is 15.9 Å². The van der Waals surface area contributed by atoms with Crippen LogP contribution >= 0.6 is 15.9 Å². The molecule has 0 bridgehead atoms. The van der Waals surface area contributed by atoms with Crippen LogP contribution in [0.1, 0.15) is 18.1 Å². The second-order valence-corrected chi connectivity index (χ2v) is 5.46. The summed E-state index contributed by atoms with van der Waals surface area (Å²) in [4.78, 5) is 0. The Morgan fingerprint density at radius 2 is 2.04 bits per heavy atom. The molecule has 0 aliphatic rings. The number of allylic oxidation sites excluding steroid dienone is 1. The summed E-state index contributed by atoms with van der Waals surface area (Å²) in [7, 11) is 1.54. The van der Waals surface area contributed by atoms with Gasteiger partial charge in [-0.2, -0.15) is 5.26 Å². The van der Waals surface area contributed by atoms with Crippen molar-refractivity contribution < 1.29 is 13.9 Å². The predicted molar refractivity (Wildman–Crippen MR) is 91.7 cm³/mol. The molecular weight excluding hydrogens is 361 g/mol. The van der Waals surface area contributed by atoms with Crippen molar-refractivity contribution in [1.82, 2.24) is 0 Å². The maximum absolute atomic E-state index is 13.9. The zero-order valence-electron chi connectivity index (χ0n) is 12.8. The Balaban J connectivity index is 2.53. The van der Waals surface area contributed by atoms with E-state index in [-0.39, 0.29) is 11.1 Å². The van der Waals surface area contributed by atoms with Gasteiger partial charge in [-0.1, -0.05) is 34.1 Å². The number of benzene rings is 2. The first kappa shape index (κ1) is 17.0. The Kier molecular flexibility index (Phi) is 5.78. The molecular formula is C18H15BrFNO2. The van der Waals surface area contributed by atoms with Gasteiger partial charge in [0.15, 0.2) is 11.5 Å². The van der Waals surface area contributed by atoms with Gasteiger partial charge >= 0.3 is 0 Å². The van der Waals surface area contributed by atoms with E-state index in [1.807, 2.05) is 13.0 Å². The fourth-order valence-corrected chi connectivity index (χ4v) is 2.53. The topological polar surface area (TPSA) is 42.2 Å². The van der Waals surface area contributed by atoms with Crippen LogP contribution in [0.3, 0.4) is 0 Å². The SMILES string of the molecule is CCOc1cc(Br)c(/C=C(/C#N)c2ccccc2F)cc1OC. The Morgan fingerprint density at radius 3 is 2.65 bits per heavy atom. The van der Waals surface area contributed by atoms with Crippen molar-refractivity contribution in [2.24, 2.45) is 0 Å². The minimum atomic E-state index is -0.436. The molecule has 23 heavy (non-hydrogen) atoms. The molecule has 0 aliphatic heterocycles. The molecule has 0 fully saturated rings. The van der Waals surface area contributed by atoms with Crippen LogP contribution in [0.25, 0.3) is 11.6 Å². The summed E-state index contributed by atoms with van der Waals surface area (Å²) in [6.07, 6.45) is 1.61. The minimum Gasteiger partial charge on any atom is -0.493 e. The minimum absolute atomic E-state index is 0.231. The molecule has 0 N–H and O–H groups in total. The van der Waals surface area contributed by atoms with Gasteiger partial charge in [0.2, 0.25) is 0 Å². The van der Waals surface area contributed by atoms with Gasteiger partial charge in [-0.15, -0.1) is 0 Å². The summed E-state index contributed by atoms with van der Waals surface area (Å²) >= 11 is 3.45. The van der Waals surface area contributed by atoms with Crippen molar-refractivity contribution in [3.8, 4) is 17.6 Å². The lowest BCUT2D eigenvalue weighted by Crippen LogP contribution is -1.96. The zero-order valence-corrected chi connectivity index (χ0v) is 14.4. The lowest BCUT2D eigenvalue weighted by atomic mass is 10.0. The van der Waals surface area contributed by atoms with Crippen molar-refractivity contribution in [3.05, 3.63) is 57.8 Å². The summed E-state index contributed by atoms with van der Waals surface area (Å²) in [6.45, 7) is 2.39. The monoisotopic (exact) mass is 375 g/mol. The average Bonchev–Trinajstić information content (AvgIpc) is 2.55. The van der Waals surface area contributed by atoms with Gasteiger partial charge in [0, 0.05) is 10.0 Å². The van der Waals surface area contributed by atoms with Crippen molar-refractivity contribution in [1.29, 1.82) is 5.26 Å². The molecule has 5 heteroatoms. The van der Waals surface area contributed by atoms with Crippen LogP contribution in [0.4, 0.5) is 4.39 Å². The van der Waals surface area contributed by atoms with E-state index in [1.165, 1.54) is 6.07 Å². The van der Waals surface area contributed by atoms with Gasteiger partial charge in [0.05, 0.1) is 25.4 Å². The van der Waals surface area contributed by atoms with Crippen molar-refractivity contribution in [2.45, 2.75) is 6.92 Å². The highest BCUT2D eigenvalue weighted by Crippen LogP contribution is 2.35. The molecule has 3 nitrogen and oxygen atoms in total. The van der Waals surface area contributed by atoms with E-state index in [0.717, 1.165) is 4.47 Å². The van der Waals surface area contributed by atoms with Gasteiger partial charge in [-0.25, -0.2) is 4.39 Å². The highest BCUT2D eigenvalue weighted by atomic mass is 79.9. The largest absolute Gasteiger partial charge is 0.493 e. The molecule has 0 amide bonds. The normalized spacial score (nSPS) is 11.0. The van der Waals surface area contributed by atoms with Crippen LogP contribution in [0.2, 0.25) is 0 Å². The summed E-state index contributed by atoms with van der Waals surface area (Å²) in [6, 6.07) is 11.7. The molecule has 2 aromatic rings. The molecule has 118 valence electrons. The van der Waals surface area contributed by atoms with Gasteiger partial charge in [-0.3, -0.25) is 0 Å². The molecule has 0 unspecified atom stereocenters. The van der Waals surface area contributed by atoms with Crippen molar-refractivity contribution in [3.63, 3.8) is 0 Å². The summed E-state index contributed by atoms with van der Waals surface area (Å²) in [5, 5.41) is 9.37. The van der Waals surface area contributed by atoms with Gasteiger partial charge < -0.3 is 9.47 Å². The molecule has 0 aliphatic carbocycles. The Labute approximate surface area is 143 Å².